The summed E-state index contributed by atoms with van der Waals surface area (Å²) in [7, 11) is 1.67. The van der Waals surface area contributed by atoms with E-state index in [1.165, 1.54) is 6.20 Å². The summed E-state index contributed by atoms with van der Waals surface area (Å²) in [5.41, 5.74) is 0.0448. The number of benzene rings is 1. The van der Waals surface area contributed by atoms with E-state index < -0.39 is 23.1 Å². The molecule has 6 heteroatoms. The van der Waals surface area contributed by atoms with Crippen LogP contribution >= 0.6 is 0 Å². The predicted molar refractivity (Wildman–Crippen MR) is 63.4 cm³/mol. The van der Waals surface area contributed by atoms with Gasteiger partial charge in [0.05, 0.1) is 0 Å². The van der Waals surface area contributed by atoms with Gasteiger partial charge in [-0.2, -0.15) is 0 Å². The molecule has 0 atom stereocenters. The highest BCUT2D eigenvalue weighted by atomic mass is 19.1. The van der Waals surface area contributed by atoms with Crippen LogP contribution in [0.25, 0.3) is 0 Å². The molecule has 2 aromatic rings. The second kappa shape index (κ2) is 4.95. The monoisotopic (exact) mass is 253 g/mol. The molecule has 0 bridgehead atoms. The molecular formula is C12H10F3N3. The molecule has 0 amide bonds. The molecule has 1 aromatic carbocycles. The van der Waals surface area contributed by atoms with E-state index in [-0.39, 0.29) is 0 Å². The smallest absolute Gasteiger partial charge is 0.152 e. The van der Waals surface area contributed by atoms with Gasteiger partial charge >= 0.3 is 0 Å². The minimum Gasteiger partial charge on any atom is -0.373 e. The topological polar surface area (TPSA) is 37.0 Å². The maximum absolute atomic E-state index is 13.4. The van der Waals surface area contributed by atoms with Crippen LogP contribution in [-0.2, 0) is 0 Å². The quantitative estimate of drug-likeness (QED) is 0.881. The fourth-order valence-corrected chi connectivity index (χ4v) is 1.45. The maximum atomic E-state index is 13.4. The largest absolute Gasteiger partial charge is 0.373 e. The summed E-state index contributed by atoms with van der Waals surface area (Å²) in [6.45, 7) is 0. The van der Waals surface area contributed by atoms with Crippen molar-refractivity contribution >= 4 is 17.2 Å². The standard InChI is InChI=1S/C12H10F3N3/c1-16-11-6-8(2-3-17-11)18-12-9(14)4-7(13)5-10(12)15/h2-6H,1H3,(H2,16,17,18). The molecule has 3 nitrogen and oxygen atoms in total. The Labute approximate surface area is 102 Å². The van der Waals surface area contributed by atoms with Crippen molar-refractivity contribution in [1.82, 2.24) is 4.98 Å². The summed E-state index contributed by atoms with van der Waals surface area (Å²) in [6, 6.07) is 4.35. The fourth-order valence-electron chi connectivity index (χ4n) is 1.45. The molecule has 0 spiro atoms. The van der Waals surface area contributed by atoms with Crippen LogP contribution in [0.5, 0.6) is 0 Å². The molecule has 0 fully saturated rings. The molecular weight excluding hydrogens is 243 g/mol. The molecule has 18 heavy (non-hydrogen) atoms. The minimum absolute atomic E-state index is 0.398. The van der Waals surface area contributed by atoms with Crippen molar-refractivity contribution in [3.63, 3.8) is 0 Å². The first kappa shape index (κ1) is 12.2. The Bertz CT molecular complexity index is 549. The number of rotatable bonds is 3. The SMILES string of the molecule is CNc1cc(Nc2c(F)cc(F)cc2F)ccn1. The van der Waals surface area contributed by atoms with Crippen LogP contribution in [0.3, 0.4) is 0 Å². The summed E-state index contributed by atoms with van der Waals surface area (Å²) in [5, 5.41) is 5.34. The fraction of sp³-hybridized carbons (Fsp3) is 0.0833. The Morgan fingerprint density at radius 2 is 1.72 bits per heavy atom. The summed E-state index contributed by atoms with van der Waals surface area (Å²) in [4.78, 5) is 3.96. The maximum Gasteiger partial charge on any atom is 0.152 e. The van der Waals surface area contributed by atoms with Gasteiger partial charge in [0.15, 0.2) is 11.6 Å². The van der Waals surface area contributed by atoms with Crippen molar-refractivity contribution in [2.75, 3.05) is 17.7 Å². The van der Waals surface area contributed by atoms with Crippen LogP contribution in [0.2, 0.25) is 0 Å². The van der Waals surface area contributed by atoms with Gasteiger partial charge < -0.3 is 10.6 Å². The van der Waals surface area contributed by atoms with Gasteiger partial charge in [-0.25, -0.2) is 18.2 Å². The number of halogens is 3. The van der Waals surface area contributed by atoms with Crippen LogP contribution in [-0.4, -0.2) is 12.0 Å². The minimum atomic E-state index is -0.990. The first-order valence-corrected chi connectivity index (χ1v) is 5.15. The first-order valence-electron chi connectivity index (χ1n) is 5.15. The lowest BCUT2D eigenvalue weighted by molar-refractivity contribution is 0.549. The van der Waals surface area contributed by atoms with E-state index in [0.29, 0.717) is 23.6 Å². The van der Waals surface area contributed by atoms with E-state index in [2.05, 4.69) is 15.6 Å². The number of nitrogens with one attached hydrogen (secondary N) is 2. The van der Waals surface area contributed by atoms with E-state index in [0.717, 1.165) is 0 Å². The van der Waals surface area contributed by atoms with Gasteiger partial charge in [0, 0.05) is 37.1 Å². The Morgan fingerprint density at radius 1 is 1.06 bits per heavy atom. The highest BCUT2D eigenvalue weighted by molar-refractivity contribution is 5.63. The van der Waals surface area contributed by atoms with Gasteiger partial charge in [-0.15, -0.1) is 0 Å². The lowest BCUT2D eigenvalue weighted by atomic mass is 10.2. The van der Waals surface area contributed by atoms with E-state index in [1.807, 2.05) is 0 Å². The Kier molecular flexibility index (Phi) is 3.36. The number of nitrogens with zero attached hydrogens (tertiary/aromatic N) is 1. The zero-order chi connectivity index (χ0) is 13.1. The average Bonchev–Trinajstić information content (AvgIpc) is 2.34. The third-order valence-corrected chi connectivity index (χ3v) is 2.29. The molecule has 0 unspecified atom stereocenters. The van der Waals surface area contributed by atoms with Crippen LogP contribution in [0, 0.1) is 17.5 Å². The van der Waals surface area contributed by atoms with E-state index in [4.69, 9.17) is 0 Å². The number of anilines is 3. The van der Waals surface area contributed by atoms with Crippen molar-refractivity contribution < 1.29 is 13.2 Å². The van der Waals surface area contributed by atoms with Crippen molar-refractivity contribution in [2.45, 2.75) is 0 Å². The van der Waals surface area contributed by atoms with Gasteiger partial charge in [0.1, 0.15) is 17.3 Å². The van der Waals surface area contributed by atoms with Gasteiger partial charge in [-0.3, -0.25) is 0 Å². The summed E-state index contributed by atoms with van der Waals surface area (Å²) >= 11 is 0. The zero-order valence-electron chi connectivity index (χ0n) is 9.47. The van der Waals surface area contributed by atoms with Gasteiger partial charge in [-0.1, -0.05) is 0 Å². The van der Waals surface area contributed by atoms with Crippen LogP contribution in [0.1, 0.15) is 0 Å². The molecule has 0 aliphatic heterocycles. The Morgan fingerprint density at radius 3 is 2.33 bits per heavy atom. The van der Waals surface area contributed by atoms with Crippen molar-refractivity contribution in [3.05, 3.63) is 47.9 Å². The third-order valence-electron chi connectivity index (χ3n) is 2.29. The van der Waals surface area contributed by atoms with Gasteiger partial charge in [0.25, 0.3) is 0 Å². The molecule has 1 aromatic heterocycles. The summed E-state index contributed by atoms with van der Waals surface area (Å²) in [5.74, 6) is -2.39. The van der Waals surface area contributed by atoms with Gasteiger partial charge in [-0.05, 0) is 6.07 Å². The summed E-state index contributed by atoms with van der Waals surface area (Å²) in [6.07, 6.45) is 1.48. The molecule has 1 heterocycles. The lowest BCUT2D eigenvalue weighted by Crippen LogP contribution is -2.00. The number of aromatic nitrogens is 1. The molecule has 0 saturated heterocycles. The molecule has 0 saturated carbocycles. The highest BCUT2D eigenvalue weighted by Gasteiger charge is 2.11. The molecule has 0 aliphatic carbocycles. The molecule has 0 radical (unpaired) electrons. The van der Waals surface area contributed by atoms with Crippen molar-refractivity contribution in [1.29, 1.82) is 0 Å². The van der Waals surface area contributed by atoms with E-state index >= 15 is 0 Å². The van der Waals surface area contributed by atoms with Crippen molar-refractivity contribution in [3.8, 4) is 0 Å². The Balaban J connectivity index is 2.33. The number of hydrogen-bond donors (Lipinski definition) is 2. The number of pyridine rings is 1. The van der Waals surface area contributed by atoms with Gasteiger partial charge in [0.2, 0.25) is 0 Å². The van der Waals surface area contributed by atoms with Crippen LogP contribution < -0.4 is 10.6 Å². The normalized spacial score (nSPS) is 10.2. The molecule has 0 aliphatic rings. The van der Waals surface area contributed by atoms with E-state index in [9.17, 15) is 13.2 Å². The van der Waals surface area contributed by atoms with E-state index in [1.54, 1.807) is 19.2 Å². The van der Waals surface area contributed by atoms with Crippen molar-refractivity contribution in [2.24, 2.45) is 0 Å². The molecule has 94 valence electrons. The molecule has 2 N–H and O–H groups in total. The second-order valence-corrected chi connectivity index (χ2v) is 3.55. The zero-order valence-corrected chi connectivity index (χ0v) is 9.47. The number of hydrogen-bond acceptors (Lipinski definition) is 3. The second-order valence-electron chi connectivity index (χ2n) is 3.55. The predicted octanol–water partition coefficient (Wildman–Crippen LogP) is 3.28. The van der Waals surface area contributed by atoms with Crippen LogP contribution in [0.15, 0.2) is 30.5 Å². The molecule has 2 rings (SSSR count). The average molecular weight is 253 g/mol. The summed E-state index contributed by atoms with van der Waals surface area (Å²) < 4.78 is 39.5. The highest BCUT2D eigenvalue weighted by Crippen LogP contribution is 2.25. The first-order chi connectivity index (χ1) is 8.60. The van der Waals surface area contributed by atoms with Crippen LogP contribution in [0.4, 0.5) is 30.4 Å². The third kappa shape index (κ3) is 2.53. The Hall–Kier alpha value is -2.24. The lowest BCUT2D eigenvalue weighted by Gasteiger charge is -2.09.